The van der Waals surface area contributed by atoms with E-state index >= 15 is 0 Å². The van der Waals surface area contributed by atoms with Crippen LogP contribution in [-0.2, 0) is 30.6 Å². The highest BCUT2D eigenvalue weighted by atomic mass is 35.5. The van der Waals surface area contributed by atoms with Crippen LogP contribution in [0, 0.1) is 5.92 Å². The Morgan fingerprint density at radius 2 is 1.68 bits per heavy atom. The number of nitrogens with one attached hydrogen (secondary N) is 1. The molecular weight excluding hydrogens is 538 g/mol. The Bertz CT molecular complexity index is 1300. The number of ether oxygens (including phenoxy) is 1. The quantitative estimate of drug-likeness (QED) is 0.440. The minimum atomic E-state index is -3.58. The summed E-state index contributed by atoms with van der Waals surface area (Å²) >= 11 is 5.98. The zero-order chi connectivity index (χ0) is 26.5. The summed E-state index contributed by atoms with van der Waals surface area (Å²) in [4.78, 5) is 12.9. The van der Waals surface area contributed by atoms with Gasteiger partial charge in [-0.2, -0.15) is 4.31 Å². The van der Waals surface area contributed by atoms with Gasteiger partial charge in [0.2, 0.25) is 26.0 Å². The summed E-state index contributed by atoms with van der Waals surface area (Å²) in [5.41, 5.74) is 0.609. The van der Waals surface area contributed by atoms with Crippen LogP contribution in [-0.4, -0.2) is 70.7 Å². The predicted octanol–water partition coefficient (Wildman–Crippen LogP) is 2.86. The first-order valence-electron chi connectivity index (χ1n) is 12.4. The van der Waals surface area contributed by atoms with E-state index in [0.29, 0.717) is 48.8 Å². The van der Waals surface area contributed by atoms with E-state index in [1.807, 2.05) is 0 Å². The van der Waals surface area contributed by atoms with Gasteiger partial charge in [-0.3, -0.25) is 4.79 Å². The second-order valence-electron chi connectivity index (χ2n) is 9.31. The summed E-state index contributed by atoms with van der Waals surface area (Å²) in [7, 11) is -7.05. The third-order valence-electron chi connectivity index (χ3n) is 6.58. The molecule has 37 heavy (non-hydrogen) atoms. The van der Waals surface area contributed by atoms with Crippen molar-refractivity contribution in [1.29, 1.82) is 0 Å². The fraction of sp³-hybridized carbons (Fsp3) is 0.480. The zero-order valence-corrected chi connectivity index (χ0v) is 22.9. The third-order valence-corrected chi connectivity index (χ3v) is 10.5. The molecule has 0 bridgehead atoms. The number of hydrogen-bond donors (Lipinski definition) is 1. The third kappa shape index (κ3) is 7.23. The molecule has 202 valence electrons. The summed E-state index contributed by atoms with van der Waals surface area (Å²) < 4.78 is 59.6. The molecule has 1 amide bonds. The molecule has 2 fully saturated rings. The van der Waals surface area contributed by atoms with Crippen LogP contribution in [0.4, 0.5) is 0 Å². The first-order chi connectivity index (χ1) is 17.6. The molecule has 0 unspecified atom stereocenters. The first kappa shape index (κ1) is 27.8. The van der Waals surface area contributed by atoms with E-state index in [4.69, 9.17) is 16.3 Å². The van der Waals surface area contributed by atoms with Crippen molar-refractivity contribution in [3.05, 3.63) is 59.1 Å². The molecule has 0 spiro atoms. The van der Waals surface area contributed by atoms with E-state index in [2.05, 4.69) is 5.32 Å². The lowest BCUT2D eigenvalue weighted by atomic mass is 9.99. The zero-order valence-electron chi connectivity index (χ0n) is 20.5. The number of sulfonamides is 2. The second-order valence-corrected chi connectivity index (χ2v) is 13.6. The minimum Gasteiger partial charge on any atom is -0.492 e. The molecule has 2 saturated heterocycles. The highest BCUT2D eigenvalue weighted by Crippen LogP contribution is 2.24. The number of nitrogens with zero attached hydrogens (tertiary/aromatic N) is 2. The molecule has 2 aliphatic heterocycles. The molecule has 0 aromatic heterocycles. The van der Waals surface area contributed by atoms with Crippen molar-refractivity contribution in [3.63, 3.8) is 0 Å². The number of rotatable bonds is 10. The van der Waals surface area contributed by atoms with Crippen molar-refractivity contribution in [2.45, 2.75) is 36.3 Å². The normalized spacial score (nSPS) is 19.5. The lowest BCUT2D eigenvalue weighted by Gasteiger charge is -2.31. The number of benzene rings is 2. The van der Waals surface area contributed by atoms with Gasteiger partial charge >= 0.3 is 0 Å². The van der Waals surface area contributed by atoms with Gasteiger partial charge in [-0.05, 0) is 67.6 Å². The first-order valence-corrected chi connectivity index (χ1v) is 15.8. The number of piperidine rings is 1. The summed E-state index contributed by atoms with van der Waals surface area (Å²) in [6, 6.07) is 13.0. The molecule has 9 nitrogen and oxygen atoms in total. The summed E-state index contributed by atoms with van der Waals surface area (Å²) in [6.45, 7) is 2.08. The van der Waals surface area contributed by atoms with Crippen molar-refractivity contribution in [1.82, 2.24) is 13.9 Å². The highest BCUT2D eigenvalue weighted by Gasteiger charge is 2.32. The Hall–Kier alpha value is -2.18. The van der Waals surface area contributed by atoms with Gasteiger partial charge in [0.25, 0.3) is 0 Å². The molecule has 2 aromatic rings. The molecule has 2 aliphatic rings. The predicted molar refractivity (Wildman–Crippen MR) is 141 cm³/mol. The maximum atomic E-state index is 12.9. The van der Waals surface area contributed by atoms with Crippen LogP contribution in [0.2, 0.25) is 5.02 Å². The Labute approximate surface area is 223 Å². The topological polar surface area (TPSA) is 113 Å². The number of carbonyl (C=O) groups is 1. The fourth-order valence-electron chi connectivity index (χ4n) is 4.61. The van der Waals surface area contributed by atoms with Crippen molar-refractivity contribution in [2.75, 3.05) is 39.3 Å². The lowest BCUT2D eigenvalue weighted by molar-refractivity contribution is -0.126. The van der Waals surface area contributed by atoms with Crippen molar-refractivity contribution < 1.29 is 26.4 Å². The average molecular weight is 570 g/mol. The molecular formula is C25H32ClN3O6S2. The van der Waals surface area contributed by atoms with E-state index in [9.17, 15) is 21.6 Å². The average Bonchev–Trinajstić information content (AvgIpc) is 3.43. The number of carbonyl (C=O) groups excluding carboxylic acids is 1. The maximum absolute atomic E-state index is 12.9. The number of halogens is 1. The summed E-state index contributed by atoms with van der Waals surface area (Å²) in [5.74, 6) is -0.296. The van der Waals surface area contributed by atoms with Crippen LogP contribution in [0.15, 0.2) is 53.4 Å². The van der Waals surface area contributed by atoms with Crippen LogP contribution in [0.3, 0.4) is 0 Å². The molecule has 0 aliphatic carbocycles. The van der Waals surface area contributed by atoms with Crippen molar-refractivity contribution >= 4 is 37.6 Å². The monoisotopic (exact) mass is 569 g/mol. The minimum absolute atomic E-state index is 0.141. The Kier molecular flexibility index (Phi) is 9.12. The Morgan fingerprint density at radius 1 is 0.973 bits per heavy atom. The molecule has 1 atom stereocenters. The molecule has 2 heterocycles. The molecule has 1 N–H and O–H groups in total. The Balaban J connectivity index is 1.23. The van der Waals surface area contributed by atoms with Crippen LogP contribution in [0.1, 0.15) is 31.2 Å². The summed E-state index contributed by atoms with van der Waals surface area (Å²) in [6.07, 6.45) is 2.98. The van der Waals surface area contributed by atoms with Gasteiger partial charge < -0.3 is 10.1 Å². The van der Waals surface area contributed by atoms with Crippen LogP contribution in [0.5, 0.6) is 5.75 Å². The largest absolute Gasteiger partial charge is 0.492 e. The SMILES string of the molecule is O=C(NCCOc1ccc(S(=O)(=O)N2CCCC2)cc1)[C@H]1CCCN(S(=O)(=O)Cc2cccc(Cl)c2)C1. The molecule has 4 rings (SSSR count). The van der Waals surface area contributed by atoms with Gasteiger partial charge in [0.1, 0.15) is 12.4 Å². The van der Waals surface area contributed by atoms with E-state index in [1.54, 1.807) is 36.4 Å². The molecule has 0 saturated carbocycles. The maximum Gasteiger partial charge on any atom is 0.243 e. The smallest absolute Gasteiger partial charge is 0.243 e. The number of hydrogen-bond acceptors (Lipinski definition) is 6. The van der Waals surface area contributed by atoms with Gasteiger partial charge in [0, 0.05) is 31.2 Å². The second kappa shape index (κ2) is 12.1. The molecule has 2 aromatic carbocycles. The van der Waals surface area contributed by atoms with E-state index in [1.165, 1.54) is 20.7 Å². The van der Waals surface area contributed by atoms with Gasteiger partial charge in [-0.25, -0.2) is 21.1 Å². The van der Waals surface area contributed by atoms with Crippen molar-refractivity contribution in [2.24, 2.45) is 5.92 Å². The van der Waals surface area contributed by atoms with Gasteiger partial charge in [-0.15, -0.1) is 0 Å². The molecule has 12 heteroatoms. The van der Waals surface area contributed by atoms with Crippen LogP contribution < -0.4 is 10.1 Å². The van der Waals surface area contributed by atoms with Gasteiger partial charge in [0.05, 0.1) is 23.1 Å². The van der Waals surface area contributed by atoms with Gasteiger partial charge in [-0.1, -0.05) is 23.7 Å². The highest BCUT2D eigenvalue weighted by molar-refractivity contribution is 7.89. The van der Waals surface area contributed by atoms with E-state index in [0.717, 1.165) is 12.8 Å². The molecule has 0 radical (unpaired) electrons. The lowest BCUT2D eigenvalue weighted by Crippen LogP contribution is -2.46. The van der Waals surface area contributed by atoms with Crippen LogP contribution >= 0.6 is 11.6 Å². The van der Waals surface area contributed by atoms with Gasteiger partial charge in [0.15, 0.2) is 0 Å². The van der Waals surface area contributed by atoms with E-state index in [-0.39, 0.29) is 36.3 Å². The standard InChI is InChI=1S/C25H32ClN3O6S2/c26-22-7-3-5-20(17-22)19-36(31,32)29-15-4-6-21(18-29)25(30)27-12-16-35-23-8-10-24(11-9-23)37(33,34)28-13-1-2-14-28/h3,5,7-11,17,21H,1-2,4,6,12-16,18-19H2,(H,27,30)/t21-/m0/s1. The van der Waals surface area contributed by atoms with Crippen LogP contribution in [0.25, 0.3) is 0 Å². The Morgan fingerprint density at radius 3 is 2.38 bits per heavy atom. The fourth-order valence-corrected chi connectivity index (χ4v) is 7.94. The summed E-state index contributed by atoms with van der Waals surface area (Å²) in [5, 5.41) is 3.30. The van der Waals surface area contributed by atoms with E-state index < -0.39 is 26.0 Å². The number of amides is 1. The van der Waals surface area contributed by atoms with Crippen molar-refractivity contribution in [3.8, 4) is 5.75 Å².